The Morgan fingerprint density at radius 3 is 2.12 bits per heavy atom. The number of hydrogen-bond donors (Lipinski definition) is 1. The molecule has 0 radical (unpaired) electrons. The van der Waals surface area contributed by atoms with Crippen molar-refractivity contribution >= 4 is 11.9 Å². The molecule has 0 saturated heterocycles. The number of aliphatic carboxylic acids is 1. The lowest BCUT2D eigenvalue weighted by molar-refractivity contribution is -0.166. The van der Waals surface area contributed by atoms with Gasteiger partial charge in [0.05, 0.1) is 0 Å². The van der Waals surface area contributed by atoms with Crippen LogP contribution >= 0.6 is 0 Å². The summed E-state index contributed by atoms with van der Waals surface area (Å²) in [6.45, 7) is 6.14. The molecule has 4 heteroatoms. The Balaban J connectivity index is 2.75. The van der Waals surface area contributed by atoms with Gasteiger partial charge in [0.2, 0.25) is 0 Å². The highest BCUT2D eigenvalue weighted by atomic mass is 16.6. The second kappa shape index (κ2) is 4.90. The lowest BCUT2D eigenvalue weighted by Crippen LogP contribution is -2.44. The SMILES string of the molecule is CC(C)(C)C1(OC(=O)/C=C/C(=O)O)CCCC1. The van der Waals surface area contributed by atoms with E-state index in [1.807, 2.05) is 20.8 Å². The van der Waals surface area contributed by atoms with E-state index in [0.29, 0.717) is 0 Å². The van der Waals surface area contributed by atoms with Gasteiger partial charge in [-0.05, 0) is 25.7 Å². The number of ether oxygens (including phenoxy) is 1. The minimum Gasteiger partial charge on any atom is -0.478 e. The van der Waals surface area contributed by atoms with Gasteiger partial charge in [-0.3, -0.25) is 0 Å². The first kappa shape index (κ1) is 13.7. The van der Waals surface area contributed by atoms with Crippen LogP contribution in [0.3, 0.4) is 0 Å². The summed E-state index contributed by atoms with van der Waals surface area (Å²) in [5.74, 6) is -1.71. The standard InChI is InChI=1S/C13H20O4/c1-12(2,3)13(8-4-5-9-13)17-11(16)7-6-10(14)15/h6-7H,4-5,8-9H2,1-3H3,(H,14,15)/b7-6+. The number of rotatable bonds is 3. The first-order valence-corrected chi connectivity index (χ1v) is 5.91. The fraction of sp³-hybridized carbons (Fsp3) is 0.692. The lowest BCUT2D eigenvalue weighted by atomic mass is 9.75. The molecule has 1 N–H and O–H groups in total. The second-order valence-electron chi connectivity index (χ2n) is 5.54. The number of carbonyl (C=O) groups excluding carboxylic acids is 1. The van der Waals surface area contributed by atoms with Crippen molar-refractivity contribution in [3.05, 3.63) is 12.2 Å². The Kier molecular flexibility index (Phi) is 3.96. The summed E-state index contributed by atoms with van der Waals surface area (Å²) in [7, 11) is 0. The molecule has 1 fully saturated rings. The third-order valence-electron chi connectivity index (χ3n) is 3.44. The predicted molar refractivity (Wildman–Crippen MR) is 63.5 cm³/mol. The third kappa shape index (κ3) is 3.32. The van der Waals surface area contributed by atoms with Gasteiger partial charge in [-0.15, -0.1) is 0 Å². The molecule has 1 rings (SSSR count). The zero-order valence-corrected chi connectivity index (χ0v) is 10.7. The van der Waals surface area contributed by atoms with Gasteiger partial charge < -0.3 is 9.84 Å². The molecule has 0 aromatic heterocycles. The van der Waals surface area contributed by atoms with Crippen molar-refractivity contribution in [2.24, 2.45) is 5.41 Å². The average Bonchev–Trinajstić information content (AvgIpc) is 2.63. The normalized spacial score (nSPS) is 19.5. The fourth-order valence-corrected chi connectivity index (χ4v) is 2.32. The van der Waals surface area contributed by atoms with Gasteiger partial charge in [0.15, 0.2) is 0 Å². The molecule has 0 aromatic rings. The van der Waals surface area contributed by atoms with E-state index < -0.39 is 17.5 Å². The second-order valence-corrected chi connectivity index (χ2v) is 5.54. The Morgan fingerprint density at radius 1 is 1.18 bits per heavy atom. The Bertz CT molecular complexity index is 330. The Hall–Kier alpha value is -1.32. The van der Waals surface area contributed by atoms with Crippen molar-refractivity contribution in [1.82, 2.24) is 0 Å². The topological polar surface area (TPSA) is 63.6 Å². The van der Waals surface area contributed by atoms with Gasteiger partial charge in [-0.2, -0.15) is 0 Å². The van der Waals surface area contributed by atoms with Crippen LogP contribution < -0.4 is 0 Å². The zero-order valence-electron chi connectivity index (χ0n) is 10.7. The van der Waals surface area contributed by atoms with Crippen LogP contribution in [0.25, 0.3) is 0 Å². The van der Waals surface area contributed by atoms with Crippen molar-refractivity contribution in [3.8, 4) is 0 Å². The molecule has 0 unspecified atom stereocenters. The van der Waals surface area contributed by atoms with Crippen molar-refractivity contribution < 1.29 is 19.4 Å². The minimum atomic E-state index is -1.14. The lowest BCUT2D eigenvalue weighted by Gasteiger charge is -2.40. The van der Waals surface area contributed by atoms with E-state index >= 15 is 0 Å². The van der Waals surface area contributed by atoms with E-state index in [9.17, 15) is 9.59 Å². The highest BCUT2D eigenvalue weighted by Crippen LogP contribution is 2.46. The summed E-state index contributed by atoms with van der Waals surface area (Å²) in [4.78, 5) is 21.9. The van der Waals surface area contributed by atoms with Crippen LogP contribution in [-0.2, 0) is 14.3 Å². The van der Waals surface area contributed by atoms with Crippen molar-refractivity contribution in [3.63, 3.8) is 0 Å². The smallest absolute Gasteiger partial charge is 0.331 e. The quantitative estimate of drug-likeness (QED) is 0.608. The van der Waals surface area contributed by atoms with Crippen molar-refractivity contribution in [1.29, 1.82) is 0 Å². The monoisotopic (exact) mass is 240 g/mol. The molecule has 0 heterocycles. The Labute approximate surface area is 102 Å². The summed E-state index contributed by atoms with van der Waals surface area (Å²) >= 11 is 0. The first-order chi connectivity index (χ1) is 7.77. The van der Waals surface area contributed by atoms with E-state index in [4.69, 9.17) is 9.84 Å². The highest BCUT2D eigenvalue weighted by Gasteiger charge is 2.47. The van der Waals surface area contributed by atoms with Crippen LogP contribution in [0.5, 0.6) is 0 Å². The molecule has 17 heavy (non-hydrogen) atoms. The predicted octanol–water partition coefficient (Wildman–Crippen LogP) is 2.53. The van der Waals surface area contributed by atoms with Crippen LogP contribution in [0, 0.1) is 5.41 Å². The third-order valence-corrected chi connectivity index (χ3v) is 3.44. The fourth-order valence-electron chi connectivity index (χ4n) is 2.32. The number of carbonyl (C=O) groups is 2. The summed E-state index contributed by atoms with van der Waals surface area (Å²) < 4.78 is 5.52. The average molecular weight is 240 g/mol. The Morgan fingerprint density at radius 2 is 1.71 bits per heavy atom. The molecule has 0 atom stereocenters. The molecule has 1 aliphatic rings. The molecule has 0 spiro atoms. The number of esters is 1. The summed E-state index contributed by atoms with van der Waals surface area (Å²) in [5, 5.41) is 8.45. The summed E-state index contributed by atoms with van der Waals surface area (Å²) in [6.07, 6.45) is 5.59. The summed E-state index contributed by atoms with van der Waals surface area (Å²) in [6, 6.07) is 0. The van der Waals surface area contributed by atoms with Crippen LogP contribution in [0.15, 0.2) is 12.2 Å². The zero-order chi connectivity index (χ0) is 13.1. The summed E-state index contributed by atoms with van der Waals surface area (Å²) in [5.41, 5.74) is -0.580. The van der Waals surface area contributed by atoms with Crippen LogP contribution in [-0.4, -0.2) is 22.6 Å². The van der Waals surface area contributed by atoms with E-state index in [2.05, 4.69) is 0 Å². The van der Waals surface area contributed by atoms with Gasteiger partial charge in [0, 0.05) is 17.6 Å². The highest BCUT2D eigenvalue weighted by molar-refractivity contribution is 5.90. The molecular formula is C13H20O4. The largest absolute Gasteiger partial charge is 0.478 e. The van der Waals surface area contributed by atoms with Crippen molar-refractivity contribution in [2.45, 2.75) is 52.1 Å². The maximum Gasteiger partial charge on any atom is 0.331 e. The van der Waals surface area contributed by atoms with Crippen LogP contribution in [0.2, 0.25) is 0 Å². The van der Waals surface area contributed by atoms with Crippen LogP contribution in [0.4, 0.5) is 0 Å². The molecule has 0 amide bonds. The van der Waals surface area contributed by atoms with Crippen LogP contribution in [0.1, 0.15) is 46.5 Å². The number of carboxylic acids is 1. The minimum absolute atomic E-state index is 0.129. The first-order valence-electron chi connectivity index (χ1n) is 5.91. The van der Waals surface area contributed by atoms with Gasteiger partial charge in [0.25, 0.3) is 0 Å². The maximum atomic E-state index is 11.6. The van der Waals surface area contributed by atoms with Gasteiger partial charge in [-0.1, -0.05) is 20.8 Å². The van der Waals surface area contributed by atoms with E-state index in [0.717, 1.165) is 37.8 Å². The van der Waals surface area contributed by atoms with Crippen molar-refractivity contribution in [2.75, 3.05) is 0 Å². The molecule has 0 bridgehead atoms. The molecule has 96 valence electrons. The molecule has 1 saturated carbocycles. The molecular weight excluding hydrogens is 220 g/mol. The molecule has 0 aromatic carbocycles. The van der Waals surface area contributed by atoms with Gasteiger partial charge >= 0.3 is 11.9 Å². The van der Waals surface area contributed by atoms with E-state index in [1.54, 1.807) is 0 Å². The maximum absolute atomic E-state index is 11.6. The number of hydrogen-bond acceptors (Lipinski definition) is 3. The molecule has 1 aliphatic carbocycles. The number of carboxylic acid groups (broad SMARTS) is 1. The van der Waals surface area contributed by atoms with Gasteiger partial charge in [0.1, 0.15) is 5.60 Å². The van der Waals surface area contributed by atoms with E-state index in [-0.39, 0.29) is 5.41 Å². The van der Waals surface area contributed by atoms with Gasteiger partial charge in [-0.25, -0.2) is 9.59 Å². The van der Waals surface area contributed by atoms with E-state index in [1.165, 1.54) is 0 Å². The molecule has 0 aliphatic heterocycles. The molecule has 4 nitrogen and oxygen atoms in total.